The zero-order valence-electron chi connectivity index (χ0n) is 11.0. The van der Waals surface area contributed by atoms with E-state index in [9.17, 15) is 4.79 Å². The summed E-state index contributed by atoms with van der Waals surface area (Å²) in [4.78, 5) is 13.4. The molecule has 0 heterocycles. The molecule has 0 fully saturated rings. The van der Waals surface area contributed by atoms with Gasteiger partial charge in [-0.2, -0.15) is 0 Å². The highest BCUT2D eigenvalue weighted by Crippen LogP contribution is 2.24. The molecule has 0 aliphatic carbocycles. The number of carbonyl (C=O) groups is 1. The molecule has 1 aromatic carbocycles. The normalized spacial score (nSPS) is 14.3. The first-order valence-corrected chi connectivity index (χ1v) is 6.25. The summed E-state index contributed by atoms with van der Waals surface area (Å²) in [6, 6.07) is 7.43. The summed E-state index contributed by atoms with van der Waals surface area (Å²) in [6.07, 6.45) is 0. The molecule has 5 heteroatoms. The molecule has 0 aliphatic heterocycles. The van der Waals surface area contributed by atoms with E-state index >= 15 is 0 Å². The van der Waals surface area contributed by atoms with Crippen molar-refractivity contribution < 1.29 is 4.79 Å². The van der Waals surface area contributed by atoms with Crippen molar-refractivity contribution in [1.82, 2.24) is 10.2 Å². The number of carbonyl (C=O) groups excluding carboxylic acids is 1. The highest BCUT2D eigenvalue weighted by molar-refractivity contribution is 6.30. The molecule has 4 nitrogen and oxygen atoms in total. The van der Waals surface area contributed by atoms with Gasteiger partial charge in [-0.1, -0.05) is 23.7 Å². The van der Waals surface area contributed by atoms with Gasteiger partial charge in [0, 0.05) is 24.2 Å². The molecule has 0 radical (unpaired) electrons. The second-order valence-corrected chi connectivity index (χ2v) is 4.88. The Hall–Kier alpha value is -1.10. The molecule has 3 N–H and O–H groups in total. The molecule has 0 spiro atoms. The zero-order valence-corrected chi connectivity index (χ0v) is 11.7. The van der Waals surface area contributed by atoms with Gasteiger partial charge in [-0.3, -0.25) is 9.69 Å². The van der Waals surface area contributed by atoms with Gasteiger partial charge in [0.15, 0.2) is 0 Å². The summed E-state index contributed by atoms with van der Waals surface area (Å²) >= 11 is 5.99. The lowest BCUT2D eigenvalue weighted by atomic mass is 9.99. The average Bonchev–Trinajstić information content (AvgIpc) is 2.28. The van der Waals surface area contributed by atoms with Crippen molar-refractivity contribution >= 4 is 17.5 Å². The van der Waals surface area contributed by atoms with Crippen molar-refractivity contribution in [1.29, 1.82) is 0 Å². The van der Waals surface area contributed by atoms with Crippen LogP contribution in [0, 0.1) is 0 Å². The third-order valence-corrected chi connectivity index (χ3v) is 3.07. The molecule has 0 saturated heterocycles. The predicted octanol–water partition coefficient (Wildman–Crippen LogP) is 1.41. The number of hydrogen-bond donors (Lipinski definition) is 2. The highest BCUT2D eigenvalue weighted by atomic mass is 35.5. The molecule has 0 aromatic heterocycles. The van der Waals surface area contributed by atoms with E-state index in [0.717, 1.165) is 5.56 Å². The van der Waals surface area contributed by atoms with Gasteiger partial charge in [-0.15, -0.1) is 0 Å². The fourth-order valence-electron chi connectivity index (χ4n) is 2.05. The third-order valence-electron chi connectivity index (χ3n) is 2.83. The lowest BCUT2D eigenvalue weighted by molar-refractivity contribution is -0.122. The molecular weight excluding hydrogens is 250 g/mol. The Morgan fingerprint density at radius 2 is 2.22 bits per heavy atom. The quantitative estimate of drug-likeness (QED) is 0.850. The standard InChI is InChI=1S/C13H20ClN3O/c1-9(15)13(17(3)8-12(18)16-2)10-5-4-6-11(14)7-10/h4-7,9,13H,8,15H2,1-3H3,(H,16,18). The average molecular weight is 270 g/mol. The lowest BCUT2D eigenvalue weighted by Crippen LogP contribution is -2.42. The van der Waals surface area contributed by atoms with Gasteiger partial charge in [0.05, 0.1) is 6.54 Å². The first-order chi connectivity index (χ1) is 8.45. The van der Waals surface area contributed by atoms with E-state index in [1.54, 1.807) is 7.05 Å². The number of hydrogen-bond acceptors (Lipinski definition) is 3. The van der Waals surface area contributed by atoms with E-state index in [4.69, 9.17) is 17.3 Å². The maximum absolute atomic E-state index is 11.4. The van der Waals surface area contributed by atoms with Crippen LogP contribution < -0.4 is 11.1 Å². The van der Waals surface area contributed by atoms with Crippen LogP contribution in [-0.2, 0) is 4.79 Å². The van der Waals surface area contributed by atoms with Crippen LogP contribution >= 0.6 is 11.6 Å². The summed E-state index contributed by atoms with van der Waals surface area (Å²) < 4.78 is 0. The second kappa shape index (κ2) is 6.73. The van der Waals surface area contributed by atoms with E-state index in [-0.39, 0.29) is 18.0 Å². The van der Waals surface area contributed by atoms with E-state index in [1.165, 1.54) is 0 Å². The van der Waals surface area contributed by atoms with Crippen molar-refractivity contribution in [2.75, 3.05) is 20.6 Å². The van der Waals surface area contributed by atoms with Crippen LogP contribution in [0.5, 0.6) is 0 Å². The van der Waals surface area contributed by atoms with Crippen LogP contribution in [-0.4, -0.2) is 37.5 Å². The van der Waals surface area contributed by atoms with Crippen LogP contribution in [0.1, 0.15) is 18.5 Å². The minimum atomic E-state index is -0.0990. The smallest absolute Gasteiger partial charge is 0.233 e. The zero-order chi connectivity index (χ0) is 13.7. The second-order valence-electron chi connectivity index (χ2n) is 4.45. The van der Waals surface area contributed by atoms with Crippen molar-refractivity contribution in [3.05, 3.63) is 34.9 Å². The molecule has 0 aliphatic rings. The Morgan fingerprint density at radius 3 is 2.72 bits per heavy atom. The topological polar surface area (TPSA) is 58.4 Å². The largest absolute Gasteiger partial charge is 0.358 e. The van der Waals surface area contributed by atoms with Crippen LogP contribution in [0.2, 0.25) is 5.02 Å². The molecule has 1 rings (SSSR count). The predicted molar refractivity (Wildman–Crippen MR) is 74.5 cm³/mol. The molecule has 18 heavy (non-hydrogen) atoms. The van der Waals surface area contributed by atoms with E-state index in [0.29, 0.717) is 11.6 Å². The van der Waals surface area contributed by atoms with Gasteiger partial charge in [-0.25, -0.2) is 0 Å². The monoisotopic (exact) mass is 269 g/mol. The molecule has 2 unspecified atom stereocenters. The third kappa shape index (κ3) is 3.98. The molecule has 2 atom stereocenters. The first kappa shape index (κ1) is 15.0. The molecule has 1 aromatic rings. The van der Waals surface area contributed by atoms with Crippen molar-refractivity contribution in [2.45, 2.75) is 19.0 Å². The van der Waals surface area contributed by atoms with Gasteiger partial charge in [-0.05, 0) is 31.7 Å². The summed E-state index contributed by atoms with van der Waals surface area (Å²) in [5.41, 5.74) is 7.04. The van der Waals surface area contributed by atoms with Crippen LogP contribution in [0.25, 0.3) is 0 Å². The summed E-state index contributed by atoms with van der Waals surface area (Å²) in [7, 11) is 3.50. The van der Waals surface area contributed by atoms with E-state index in [1.807, 2.05) is 43.1 Å². The fourth-order valence-corrected chi connectivity index (χ4v) is 2.25. The van der Waals surface area contributed by atoms with Crippen LogP contribution in [0.15, 0.2) is 24.3 Å². The van der Waals surface area contributed by atoms with Gasteiger partial charge in [0.25, 0.3) is 0 Å². The fraction of sp³-hybridized carbons (Fsp3) is 0.462. The Labute approximate surface area is 113 Å². The number of likely N-dealkylation sites (N-methyl/N-ethyl adjacent to an activating group) is 2. The van der Waals surface area contributed by atoms with Gasteiger partial charge < -0.3 is 11.1 Å². The van der Waals surface area contributed by atoms with Crippen molar-refractivity contribution in [3.8, 4) is 0 Å². The van der Waals surface area contributed by atoms with E-state index < -0.39 is 0 Å². The highest BCUT2D eigenvalue weighted by Gasteiger charge is 2.22. The molecular formula is C13H20ClN3O. The lowest BCUT2D eigenvalue weighted by Gasteiger charge is -2.31. The Bertz CT molecular complexity index is 409. The maximum Gasteiger partial charge on any atom is 0.233 e. The number of halogens is 1. The van der Waals surface area contributed by atoms with E-state index in [2.05, 4.69) is 5.32 Å². The van der Waals surface area contributed by atoms with Gasteiger partial charge in [0.2, 0.25) is 5.91 Å². The molecule has 1 amide bonds. The maximum atomic E-state index is 11.4. The number of rotatable bonds is 5. The first-order valence-electron chi connectivity index (χ1n) is 5.87. The number of nitrogens with two attached hydrogens (primary N) is 1. The van der Waals surface area contributed by atoms with Crippen molar-refractivity contribution in [3.63, 3.8) is 0 Å². The Morgan fingerprint density at radius 1 is 1.56 bits per heavy atom. The van der Waals surface area contributed by atoms with Gasteiger partial charge >= 0.3 is 0 Å². The molecule has 0 saturated carbocycles. The SMILES string of the molecule is CNC(=O)CN(C)C(c1cccc(Cl)c1)C(C)N. The minimum Gasteiger partial charge on any atom is -0.358 e. The number of nitrogens with zero attached hydrogens (tertiary/aromatic N) is 1. The van der Waals surface area contributed by atoms with Gasteiger partial charge in [0.1, 0.15) is 0 Å². The summed E-state index contributed by atoms with van der Waals surface area (Å²) in [5, 5.41) is 3.28. The summed E-state index contributed by atoms with van der Waals surface area (Å²) in [6.45, 7) is 2.22. The van der Waals surface area contributed by atoms with Crippen molar-refractivity contribution in [2.24, 2.45) is 5.73 Å². The van der Waals surface area contributed by atoms with Crippen LogP contribution in [0.4, 0.5) is 0 Å². The Kier molecular flexibility index (Phi) is 5.59. The number of benzene rings is 1. The molecule has 100 valence electrons. The molecule has 0 bridgehead atoms. The van der Waals surface area contributed by atoms with Crippen LogP contribution in [0.3, 0.4) is 0 Å². The summed E-state index contributed by atoms with van der Waals surface area (Å²) in [5.74, 6) is -0.0369. The Balaban J connectivity index is 2.92. The minimum absolute atomic E-state index is 0.0369. The number of nitrogens with one attached hydrogen (secondary N) is 1. The number of amides is 1.